The summed E-state index contributed by atoms with van der Waals surface area (Å²) in [7, 11) is 1.50. The highest BCUT2D eigenvalue weighted by atomic mass is 16.5. The molecule has 0 saturated carbocycles. The summed E-state index contributed by atoms with van der Waals surface area (Å²) < 4.78 is 10.8. The van der Waals surface area contributed by atoms with Crippen molar-refractivity contribution in [3.63, 3.8) is 0 Å². The van der Waals surface area contributed by atoms with E-state index in [2.05, 4.69) is 0 Å². The quantitative estimate of drug-likeness (QED) is 0.853. The van der Waals surface area contributed by atoms with Crippen molar-refractivity contribution in [2.24, 2.45) is 0 Å². The summed E-state index contributed by atoms with van der Waals surface area (Å²) in [4.78, 5) is 10.8. The Morgan fingerprint density at radius 1 is 1.14 bits per heavy atom. The van der Waals surface area contributed by atoms with Crippen LogP contribution in [0.1, 0.15) is 17.2 Å². The van der Waals surface area contributed by atoms with Gasteiger partial charge in [0.15, 0.2) is 17.6 Å². The van der Waals surface area contributed by atoms with E-state index >= 15 is 0 Å². The summed E-state index contributed by atoms with van der Waals surface area (Å²) in [5, 5.41) is 18.4. The van der Waals surface area contributed by atoms with Crippen LogP contribution < -0.4 is 9.47 Å². The molecule has 0 aliphatic heterocycles. The van der Waals surface area contributed by atoms with Crippen LogP contribution in [-0.2, 0) is 11.4 Å². The Morgan fingerprint density at radius 3 is 2.48 bits per heavy atom. The van der Waals surface area contributed by atoms with E-state index in [9.17, 15) is 9.90 Å². The first-order chi connectivity index (χ1) is 10.1. The summed E-state index contributed by atoms with van der Waals surface area (Å²) in [6, 6.07) is 14.1. The van der Waals surface area contributed by atoms with Gasteiger partial charge in [-0.1, -0.05) is 36.4 Å². The average Bonchev–Trinajstić information content (AvgIpc) is 2.52. The van der Waals surface area contributed by atoms with E-state index in [0.29, 0.717) is 18.1 Å². The number of carbonyl (C=O) groups is 1. The molecule has 5 nitrogen and oxygen atoms in total. The Hall–Kier alpha value is -2.53. The second-order valence-electron chi connectivity index (χ2n) is 4.43. The molecule has 0 unspecified atom stereocenters. The minimum absolute atomic E-state index is 0.242. The Balaban J connectivity index is 2.20. The lowest BCUT2D eigenvalue weighted by Gasteiger charge is -2.13. The number of aliphatic carboxylic acids is 1. The maximum atomic E-state index is 10.8. The van der Waals surface area contributed by atoms with Crippen LogP contribution in [0.5, 0.6) is 11.5 Å². The molecule has 0 fully saturated rings. The van der Waals surface area contributed by atoms with Gasteiger partial charge < -0.3 is 19.7 Å². The maximum absolute atomic E-state index is 10.8. The SMILES string of the molecule is COc1ccc([C@H](O)C(=O)O)cc1OCc1ccccc1. The van der Waals surface area contributed by atoms with E-state index < -0.39 is 12.1 Å². The molecule has 0 aliphatic rings. The van der Waals surface area contributed by atoms with Crippen LogP contribution in [0.15, 0.2) is 48.5 Å². The summed E-state index contributed by atoms with van der Waals surface area (Å²) in [5.41, 5.74) is 1.22. The van der Waals surface area contributed by atoms with Crippen molar-refractivity contribution in [3.8, 4) is 11.5 Å². The zero-order valence-electron chi connectivity index (χ0n) is 11.5. The zero-order chi connectivity index (χ0) is 15.2. The van der Waals surface area contributed by atoms with Crippen LogP contribution >= 0.6 is 0 Å². The maximum Gasteiger partial charge on any atom is 0.337 e. The van der Waals surface area contributed by atoms with Crippen molar-refractivity contribution in [1.82, 2.24) is 0 Å². The molecule has 5 heteroatoms. The molecule has 110 valence electrons. The molecule has 1 atom stereocenters. The van der Waals surface area contributed by atoms with E-state index in [-0.39, 0.29) is 5.56 Å². The molecule has 0 aliphatic carbocycles. The van der Waals surface area contributed by atoms with Crippen molar-refractivity contribution in [3.05, 3.63) is 59.7 Å². The van der Waals surface area contributed by atoms with Crippen molar-refractivity contribution in [2.45, 2.75) is 12.7 Å². The highest BCUT2D eigenvalue weighted by Gasteiger charge is 2.18. The fraction of sp³-hybridized carbons (Fsp3) is 0.188. The van der Waals surface area contributed by atoms with E-state index in [4.69, 9.17) is 14.6 Å². The van der Waals surface area contributed by atoms with Crippen molar-refractivity contribution in [1.29, 1.82) is 0 Å². The molecular weight excluding hydrogens is 272 g/mol. The minimum atomic E-state index is -1.59. The lowest BCUT2D eigenvalue weighted by Crippen LogP contribution is -2.10. The molecule has 2 aromatic carbocycles. The van der Waals surface area contributed by atoms with Crippen LogP contribution in [0.2, 0.25) is 0 Å². The number of methoxy groups -OCH3 is 1. The Kier molecular flexibility index (Phi) is 4.79. The molecule has 2 rings (SSSR count). The number of aliphatic hydroxyl groups is 1. The second-order valence-corrected chi connectivity index (χ2v) is 4.43. The third-order valence-electron chi connectivity index (χ3n) is 2.97. The monoisotopic (exact) mass is 288 g/mol. The highest BCUT2D eigenvalue weighted by Crippen LogP contribution is 2.31. The predicted octanol–water partition coefficient (Wildman–Crippen LogP) is 2.39. The molecule has 0 amide bonds. The molecule has 0 aromatic heterocycles. The van der Waals surface area contributed by atoms with Gasteiger partial charge in [-0.25, -0.2) is 4.79 Å². The first-order valence-electron chi connectivity index (χ1n) is 6.37. The first kappa shape index (κ1) is 14.9. The van der Waals surface area contributed by atoms with Gasteiger partial charge in [0.2, 0.25) is 0 Å². The Morgan fingerprint density at radius 2 is 1.86 bits per heavy atom. The number of ether oxygens (including phenoxy) is 2. The smallest absolute Gasteiger partial charge is 0.337 e. The van der Waals surface area contributed by atoms with Gasteiger partial charge in [0.25, 0.3) is 0 Å². The number of carboxylic acids is 1. The third-order valence-corrected chi connectivity index (χ3v) is 2.97. The molecular formula is C16H16O5. The fourth-order valence-corrected chi connectivity index (χ4v) is 1.85. The summed E-state index contributed by atoms with van der Waals surface area (Å²) in [6.07, 6.45) is -1.59. The lowest BCUT2D eigenvalue weighted by atomic mass is 10.1. The van der Waals surface area contributed by atoms with Gasteiger partial charge in [0, 0.05) is 0 Å². The van der Waals surface area contributed by atoms with E-state index in [1.54, 1.807) is 6.07 Å². The Labute approximate surface area is 122 Å². The molecule has 2 aromatic rings. The van der Waals surface area contributed by atoms with Gasteiger partial charge in [-0.3, -0.25) is 0 Å². The van der Waals surface area contributed by atoms with Crippen LogP contribution in [0, 0.1) is 0 Å². The van der Waals surface area contributed by atoms with Crippen molar-refractivity contribution < 1.29 is 24.5 Å². The predicted molar refractivity (Wildman–Crippen MR) is 76.4 cm³/mol. The van der Waals surface area contributed by atoms with Gasteiger partial charge in [-0.2, -0.15) is 0 Å². The first-order valence-corrected chi connectivity index (χ1v) is 6.37. The van der Waals surface area contributed by atoms with Gasteiger partial charge >= 0.3 is 5.97 Å². The molecule has 21 heavy (non-hydrogen) atoms. The number of aliphatic hydroxyl groups excluding tert-OH is 1. The topological polar surface area (TPSA) is 76.0 Å². The summed E-state index contributed by atoms with van der Waals surface area (Å²) in [5.74, 6) is -0.444. The number of rotatable bonds is 6. The van der Waals surface area contributed by atoms with Gasteiger partial charge in [0.05, 0.1) is 7.11 Å². The number of benzene rings is 2. The molecule has 0 heterocycles. The summed E-state index contributed by atoms with van der Waals surface area (Å²) >= 11 is 0. The van der Waals surface area contributed by atoms with Gasteiger partial charge in [0.1, 0.15) is 6.61 Å². The van der Waals surface area contributed by atoms with Crippen molar-refractivity contribution in [2.75, 3.05) is 7.11 Å². The van der Waals surface area contributed by atoms with E-state index in [0.717, 1.165) is 5.56 Å². The average molecular weight is 288 g/mol. The van der Waals surface area contributed by atoms with Crippen LogP contribution in [0.25, 0.3) is 0 Å². The van der Waals surface area contributed by atoms with E-state index in [1.165, 1.54) is 19.2 Å². The largest absolute Gasteiger partial charge is 0.493 e. The van der Waals surface area contributed by atoms with Gasteiger partial charge in [-0.05, 0) is 23.3 Å². The van der Waals surface area contributed by atoms with Crippen LogP contribution in [-0.4, -0.2) is 23.3 Å². The van der Waals surface area contributed by atoms with Crippen LogP contribution in [0.3, 0.4) is 0 Å². The van der Waals surface area contributed by atoms with E-state index in [1.807, 2.05) is 30.3 Å². The number of carboxylic acid groups (broad SMARTS) is 1. The lowest BCUT2D eigenvalue weighted by molar-refractivity contribution is -0.146. The standard InChI is InChI=1S/C16H16O5/c1-20-13-8-7-12(15(17)16(18)19)9-14(13)21-10-11-5-3-2-4-6-11/h2-9,15,17H,10H2,1H3,(H,18,19)/t15-/m0/s1. The molecule has 0 bridgehead atoms. The zero-order valence-corrected chi connectivity index (χ0v) is 11.5. The van der Waals surface area contributed by atoms with Crippen molar-refractivity contribution >= 4 is 5.97 Å². The highest BCUT2D eigenvalue weighted by molar-refractivity contribution is 5.74. The van der Waals surface area contributed by atoms with Crippen LogP contribution in [0.4, 0.5) is 0 Å². The molecule has 0 saturated heterocycles. The Bertz CT molecular complexity index is 609. The van der Waals surface area contributed by atoms with Gasteiger partial charge in [-0.15, -0.1) is 0 Å². The minimum Gasteiger partial charge on any atom is -0.493 e. The number of hydrogen-bond acceptors (Lipinski definition) is 4. The fourth-order valence-electron chi connectivity index (χ4n) is 1.85. The molecule has 0 radical (unpaired) electrons. The molecule has 2 N–H and O–H groups in total. The molecule has 0 spiro atoms. The normalized spacial score (nSPS) is 11.7. The second kappa shape index (κ2) is 6.76. The summed E-state index contributed by atoms with van der Waals surface area (Å²) in [6.45, 7) is 0.323. The third kappa shape index (κ3) is 3.73. The number of hydrogen-bond donors (Lipinski definition) is 2.